The maximum Gasteiger partial charge on any atom is 0.346 e. The summed E-state index contributed by atoms with van der Waals surface area (Å²) in [6.45, 7) is 6.08. The van der Waals surface area contributed by atoms with Crippen LogP contribution in [0.3, 0.4) is 0 Å². The number of carboxylic acid groups (broad SMARTS) is 1. The van der Waals surface area contributed by atoms with Gasteiger partial charge >= 0.3 is 11.9 Å². The molecule has 2 aliphatic heterocycles. The predicted molar refractivity (Wildman–Crippen MR) is 76.9 cm³/mol. The van der Waals surface area contributed by atoms with Crippen molar-refractivity contribution in [2.24, 2.45) is 5.92 Å². The van der Waals surface area contributed by atoms with Crippen molar-refractivity contribution in [1.29, 1.82) is 0 Å². The fourth-order valence-electron chi connectivity index (χ4n) is 2.67. The van der Waals surface area contributed by atoms with Crippen LogP contribution < -0.4 is 0 Å². The molecule has 2 heterocycles. The highest BCUT2D eigenvalue weighted by molar-refractivity contribution is 6.24. The minimum Gasteiger partial charge on any atom is -0.482 e. The van der Waals surface area contributed by atoms with E-state index in [0.717, 1.165) is 12.8 Å². The highest BCUT2D eigenvalue weighted by atomic mass is 16.6. The first-order valence-electron chi connectivity index (χ1n) is 7.35. The lowest BCUT2D eigenvalue weighted by Gasteiger charge is -2.26. The molecule has 0 radical (unpaired) electrons. The van der Waals surface area contributed by atoms with Gasteiger partial charge in [-0.3, -0.25) is 9.59 Å². The van der Waals surface area contributed by atoms with Crippen molar-refractivity contribution in [2.75, 3.05) is 0 Å². The number of carbonyl (C=O) groups excluding carboxylic acids is 2. The van der Waals surface area contributed by atoms with Crippen molar-refractivity contribution >= 4 is 17.7 Å². The molecule has 0 amide bonds. The fraction of sp³-hybridized carbons (Fsp3) is 0.562. The third kappa shape index (κ3) is 3.21. The first kappa shape index (κ1) is 16.3. The van der Waals surface area contributed by atoms with Crippen LogP contribution in [0.1, 0.15) is 40.0 Å². The van der Waals surface area contributed by atoms with Gasteiger partial charge in [0.05, 0.1) is 6.42 Å². The van der Waals surface area contributed by atoms with Crippen LogP contribution in [0.25, 0.3) is 0 Å². The second-order valence-electron chi connectivity index (χ2n) is 6.06. The zero-order valence-corrected chi connectivity index (χ0v) is 12.9. The van der Waals surface area contributed by atoms with Crippen molar-refractivity contribution in [3.05, 3.63) is 23.5 Å². The summed E-state index contributed by atoms with van der Waals surface area (Å²) in [6, 6.07) is 0. The van der Waals surface area contributed by atoms with Crippen molar-refractivity contribution < 1.29 is 29.0 Å². The van der Waals surface area contributed by atoms with E-state index in [1.807, 2.05) is 13.0 Å². The van der Waals surface area contributed by atoms with E-state index in [-0.39, 0.29) is 11.3 Å². The molecule has 0 aromatic heterocycles. The number of carboxylic acids is 1. The Bertz CT molecular complexity index is 573. The lowest BCUT2D eigenvalue weighted by molar-refractivity contribution is -0.147. The van der Waals surface area contributed by atoms with Crippen LogP contribution in [-0.2, 0) is 23.9 Å². The molecule has 3 atom stereocenters. The number of hydrogen-bond acceptors (Lipinski definition) is 5. The summed E-state index contributed by atoms with van der Waals surface area (Å²) < 4.78 is 10.6. The van der Waals surface area contributed by atoms with Crippen LogP contribution in [0.5, 0.6) is 0 Å². The number of ether oxygens (including phenoxy) is 2. The van der Waals surface area contributed by atoms with E-state index in [4.69, 9.17) is 14.6 Å². The van der Waals surface area contributed by atoms with Gasteiger partial charge in [0.2, 0.25) is 5.78 Å². The van der Waals surface area contributed by atoms with Gasteiger partial charge in [-0.15, -0.1) is 0 Å². The smallest absolute Gasteiger partial charge is 0.346 e. The van der Waals surface area contributed by atoms with E-state index >= 15 is 0 Å². The molecule has 0 aliphatic carbocycles. The molecule has 6 heteroatoms. The Kier molecular flexibility index (Phi) is 4.39. The van der Waals surface area contributed by atoms with Gasteiger partial charge < -0.3 is 14.6 Å². The molecule has 0 spiro atoms. The van der Waals surface area contributed by atoms with Crippen LogP contribution in [0.15, 0.2) is 23.5 Å². The van der Waals surface area contributed by atoms with Gasteiger partial charge in [-0.05, 0) is 31.4 Å². The quantitative estimate of drug-likeness (QED) is 0.474. The summed E-state index contributed by atoms with van der Waals surface area (Å²) in [7, 11) is 0. The zero-order chi connectivity index (χ0) is 16.5. The molecule has 0 unspecified atom stereocenters. The number of carbonyl (C=O) groups is 3. The molecule has 22 heavy (non-hydrogen) atoms. The maximum absolute atomic E-state index is 12.1. The highest BCUT2D eigenvalue weighted by Gasteiger charge is 2.44. The molecule has 0 saturated carbocycles. The van der Waals surface area contributed by atoms with Gasteiger partial charge in [-0.25, -0.2) is 4.79 Å². The first-order valence-corrected chi connectivity index (χ1v) is 7.35. The number of allylic oxidation sites excluding steroid dienone is 1. The Hall–Kier alpha value is -2.11. The Balaban J connectivity index is 2.19. The summed E-state index contributed by atoms with van der Waals surface area (Å²) in [6.07, 6.45) is 3.40. The normalized spacial score (nSPS) is 32.0. The number of rotatable bonds is 5. The van der Waals surface area contributed by atoms with E-state index in [1.165, 1.54) is 0 Å². The molecule has 1 N–H and O–H groups in total. The molecule has 2 aliphatic rings. The van der Waals surface area contributed by atoms with E-state index in [9.17, 15) is 14.4 Å². The second-order valence-corrected chi connectivity index (χ2v) is 6.06. The third-order valence-corrected chi connectivity index (χ3v) is 3.98. The molecule has 0 bridgehead atoms. The Labute approximate surface area is 128 Å². The van der Waals surface area contributed by atoms with Crippen molar-refractivity contribution in [3.8, 4) is 0 Å². The molecule has 1 saturated heterocycles. The first-order chi connectivity index (χ1) is 10.3. The summed E-state index contributed by atoms with van der Waals surface area (Å²) >= 11 is 0. The molecule has 1 fully saturated rings. The number of esters is 1. The van der Waals surface area contributed by atoms with E-state index < -0.39 is 35.8 Å². The number of cyclic esters (lactones) is 1. The van der Waals surface area contributed by atoms with Gasteiger partial charge in [-0.1, -0.05) is 20.3 Å². The van der Waals surface area contributed by atoms with E-state index in [0.29, 0.717) is 5.92 Å². The van der Waals surface area contributed by atoms with Crippen molar-refractivity contribution in [2.45, 2.75) is 51.7 Å². The van der Waals surface area contributed by atoms with Gasteiger partial charge in [0.1, 0.15) is 16.9 Å². The second kappa shape index (κ2) is 5.94. The number of ketones is 1. The topological polar surface area (TPSA) is 89.9 Å². The minimum absolute atomic E-state index is 0.175. The van der Waals surface area contributed by atoms with Crippen molar-refractivity contribution in [3.63, 3.8) is 0 Å². The van der Waals surface area contributed by atoms with Gasteiger partial charge in [-0.2, -0.15) is 0 Å². The molecule has 0 aromatic carbocycles. The van der Waals surface area contributed by atoms with Crippen LogP contribution in [0.4, 0.5) is 0 Å². The van der Waals surface area contributed by atoms with E-state index in [1.54, 1.807) is 6.08 Å². The number of hydrogen-bond donors (Lipinski definition) is 1. The average Bonchev–Trinajstić information content (AvgIpc) is 2.90. The lowest BCUT2D eigenvalue weighted by atomic mass is 9.92. The van der Waals surface area contributed by atoms with E-state index in [2.05, 4.69) is 13.8 Å². The monoisotopic (exact) mass is 308 g/mol. The summed E-state index contributed by atoms with van der Waals surface area (Å²) in [5.41, 5.74) is -0.751. The van der Waals surface area contributed by atoms with Crippen LogP contribution in [0.2, 0.25) is 0 Å². The highest BCUT2D eigenvalue weighted by Crippen LogP contribution is 2.35. The molecule has 2 rings (SSSR count). The Morgan fingerprint density at radius 3 is 2.73 bits per heavy atom. The third-order valence-electron chi connectivity index (χ3n) is 3.98. The van der Waals surface area contributed by atoms with Crippen molar-refractivity contribution in [1.82, 2.24) is 0 Å². The molecular formula is C16H20O6. The van der Waals surface area contributed by atoms with Gasteiger partial charge in [0.25, 0.3) is 0 Å². The molecule has 0 aromatic rings. The van der Waals surface area contributed by atoms with Gasteiger partial charge in [0.15, 0.2) is 6.10 Å². The number of Topliss-reactive ketones (excluding diaryl/α,β-unsaturated/α-hetero) is 1. The molecule has 6 nitrogen and oxygen atoms in total. The maximum atomic E-state index is 12.1. The lowest BCUT2D eigenvalue weighted by Crippen LogP contribution is -2.25. The minimum atomic E-state index is -1.26. The zero-order valence-electron chi connectivity index (χ0n) is 12.9. The predicted octanol–water partition coefficient (Wildman–Crippen LogP) is 1.99. The van der Waals surface area contributed by atoms with Gasteiger partial charge in [0, 0.05) is 0 Å². The SMILES string of the molecule is CC[C@H](C)C[C@@]1(C)C=C/C(=C2/C(=O)O[C@H](CC(=O)O)C2=O)O1. The fourth-order valence-corrected chi connectivity index (χ4v) is 2.67. The summed E-state index contributed by atoms with van der Waals surface area (Å²) in [4.78, 5) is 34.7. The summed E-state index contributed by atoms with van der Waals surface area (Å²) in [5, 5.41) is 8.73. The Morgan fingerprint density at radius 1 is 1.45 bits per heavy atom. The average molecular weight is 308 g/mol. The molecular weight excluding hydrogens is 288 g/mol. The molecule has 120 valence electrons. The largest absolute Gasteiger partial charge is 0.482 e. The summed E-state index contributed by atoms with van der Waals surface area (Å²) in [5.74, 6) is -2.02. The standard InChI is InChI=1S/C16H20O6/c1-4-9(2)8-16(3)6-5-10(22-16)13-14(19)11(7-12(17)18)21-15(13)20/h5-6,9,11H,4,7-8H2,1-3H3,(H,17,18)/b13-10-/t9-,11+,16+/m0/s1. The van der Waals surface area contributed by atoms with Crippen LogP contribution in [-0.4, -0.2) is 34.5 Å². The van der Waals surface area contributed by atoms with Crippen LogP contribution in [0, 0.1) is 5.92 Å². The van der Waals surface area contributed by atoms with Crippen LogP contribution >= 0.6 is 0 Å². The Morgan fingerprint density at radius 2 is 2.14 bits per heavy atom. The number of aliphatic carboxylic acids is 1.